The summed E-state index contributed by atoms with van der Waals surface area (Å²) in [4.78, 5) is 43.5. The quantitative estimate of drug-likeness (QED) is 0.0331. The molecule has 0 bridgehead atoms. The van der Waals surface area contributed by atoms with Crippen molar-refractivity contribution in [1.82, 2.24) is 15.6 Å². The molecule has 4 N–H and O–H groups in total. The minimum atomic E-state index is -1.07. The number of aryl methyl sites for hydroxylation is 1. The number of nitrogens with one attached hydrogen (secondary N) is 3. The van der Waals surface area contributed by atoms with Crippen LogP contribution in [0.4, 0.5) is 5.82 Å². The van der Waals surface area contributed by atoms with Crippen molar-refractivity contribution < 1.29 is 43.2 Å². The summed E-state index contributed by atoms with van der Waals surface area (Å²) in [5, 5.41) is 20.9. The number of benzene rings is 4. The third-order valence-corrected chi connectivity index (χ3v) is 10.4. The minimum absolute atomic E-state index is 0.191. The van der Waals surface area contributed by atoms with Gasteiger partial charge < -0.3 is 44.7 Å². The predicted octanol–water partition coefficient (Wildman–Crippen LogP) is 7.95. The number of nitrogens with zero attached hydrogens (tertiary/aromatic N) is 1. The van der Waals surface area contributed by atoms with Crippen LogP contribution >= 0.6 is 0 Å². The highest BCUT2D eigenvalue weighted by Gasteiger charge is 2.26. The number of ether oxygens (including phenoxy) is 5. The minimum Gasteiger partial charge on any atom is -0.491 e. The molecule has 0 radical (unpaired) electrons. The van der Waals surface area contributed by atoms with E-state index in [0.29, 0.717) is 77.3 Å². The Hall–Kier alpha value is -5.86. The summed E-state index contributed by atoms with van der Waals surface area (Å²) in [7, 11) is 0. The maximum Gasteiger partial charge on any atom is 0.305 e. The van der Waals surface area contributed by atoms with Crippen LogP contribution in [0.25, 0.3) is 21.9 Å². The van der Waals surface area contributed by atoms with Crippen LogP contribution in [0, 0.1) is 12.8 Å². The molecule has 13 heteroatoms. The van der Waals surface area contributed by atoms with Gasteiger partial charge in [0.15, 0.2) is 0 Å². The van der Waals surface area contributed by atoms with Crippen LogP contribution < -0.4 is 20.7 Å². The number of aliphatic carboxylic acids is 1. The summed E-state index contributed by atoms with van der Waals surface area (Å²) in [6.45, 7) is 11.5. The molecule has 342 valence electrons. The normalized spacial score (nSPS) is 12.2. The molecule has 0 spiro atoms. The van der Waals surface area contributed by atoms with Crippen LogP contribution in [0.15, 0.2) is 109 Å². The molecule has 4 aromatic carbocycles. The van der Waals surface area contributed by atoms with Crippen molar-refractivity contribution in [2.75, 3.05) is 71.3 Å². The van der Waals surface area contributed by atoms with E-state index in [1.165, 1.54) is 0 Å². The molecule has 0 aliphatic heterocycles. The predicted molar refractivity (Wildman–Crippen MR) is 250 cm³/mol. The molecular formula is C51H64N4O9. The van der Waals surface area contributed by atoms with Crippen molar-refractivity contribution in [2.24, 2.45) is 5.92 Å². The van der Waals surface area contributed by atoms with E-state index in [9.17, 15) is 19.5 Å². The van der Waals surface area contributed by atoms with E-state index in [1.807, 2.05) is 110 Å². The Kier molecular flexibility index (Phi) is 21.0. The SMILES string of the molecule is Cc1ccnc(NCCCC(=O)N[C@@H](Cc2ccccc2)C(=O)N[C@@H](CC(=O)O)c2ccc(-c3ccc(OCCOCCOCCOCCOCCC(C)C)c4ccccc34)cc2)c1. The number of fused-ring (bicyclic) bond motifs is 1. The summed E-state index contributed by atoms with van der Waals surface area (Å²) in [6.07, 6.45) is 3.40. The first-order valence-electron chi connectivity index (χ1n) is 22.2. The lowest BCUT2D eigenvalue weighted by atomic mass is 9.95. The topological polar surface area (TPSA) is 167 Å². The van der Waals surface area contributed by atoms with Crippen molar-refractivity contribution in [3.63, 3.8) is 0 Å². The third-order valence-electron chi connectivity index (χ3n) is 10.4. The van der Waals surface area contributed by atoms with Crippen molar-refractivity contribution in [3.8, 4) is 16.9 Å². The highest BCUT2D eigenvalue weighted by Crippen LogP contribution is 2.35. The Morgan fingerprint density at radius 2 is 1.34 bits per heavy atom. The molecule has 0 saturated carbocycles. The molecule has 0 aliphatic rings. The number of hydrogen-bond donors (Lipinski definition) is 4. The Morgan fingerprint density at radius 1 is 0.703 bits per heavy atom. The second-order valence-electron chi connectivity index (χ2n) is 16.0. The largest absolute Gasteiger partial charge is 0.491 e. The lowest BCUT2D eigenvalue weighted by Crippen LogP contribution is -2.49. The van der Waals surface area contributed by atoms with Gasteiger partial charge in [-0.15, -0.1) is 0 Å². The average molecular weight is 877 g/mol. The second-order valence-corrected chi connectivity index (χ2v) is 16.0. The zero-order valence-electron chi connectivity index (χ0n) is 37.4. The smallest absolute Gasteiger partial charge is 0.305 e. The van der Waals surface area contributed by atoms with Gasteiger partial charge in [0.2, 0.25) is 11.8 Å². The van der Waals surface area contributed by atoms with Crippen molar-refractivity contribution >= 4 is 34.4 Å². The second kappa shape index (κ2) is 27.4. The maximum atomic E-state index is 13.9. The number of rotatable bonds is 30. The van der Waals surface area contributed by atoms with E-state index < -0.39 is 24.0 Å². The molecule has 2 atom stereocenters. The van der Waals surface area contributed by atoms with E-state index in [0.717, 1.165) is 57.6 Å². The summed E-state index contributed by atoms with van der Waals surface area (Å²) < 4.78 is 28.6. The fourth-order valence-electron chi connectivity index (χ4n) is 6.96. The van der Waals surface area contributed by atoms with Gasteiger partial charge in [-0.25, -0.2) is 4.98 Å². The molecule has 64 heavy (non-hydrogen) atoms. The summed E-state index contributed by atoms with van der Waals surface area (Å²) in [5.41, 5.74) is 4.45. The van der Waals surface area contributed by atoms with Gasteiger partial charge in [0.05, 0.1) is 58.7 Å². The number of pyridine rings is 1. The third kappa shape index (κ3) is 17.4. The Labute approximate surface area is 377 Å². The van der Waals surface area contributed by atoms with Gasteiger partial charge in [-0.3, -0.25) is 14.4 Å². The molecule has 1 aromatic heterocycles. The number of amides is 2. The van der Waals surface area contributed by atoms with E-state index >= 15 is 0 Å². The number of anilines is 1. The van der Waals surface area contributed by atoms with Crippen LogP contribution in [0.5, 0.6) is 5.75 Å². The van der Waals surface area contributed by atoms with Crippen molar-refractivity contribution in [2.45, 2.75) is 65.0 Å². The van der Waals surface area contributed by atoms with Gasteiger partial charge >= 0.3 is 5.97 Å². The van der Waals surface area contributed by atoms with Gasteiger partial charge in [0, 0.05) is 37.6 Å². The molecule has 0 unspecified atom stereocenters. The van der Waals surface area contributed by atoms with Gasteiger partial charge in [0.1, 0.15) is 24.2 Å². The summed E-state index contributed by atoms with van der Waals surface area (Å²) in [5.74, 6) is 0.294. The van der Waals surface area contributed by atoms with Gasteiger partial charge in [-0.05, 0) is 77.1 Å². The summed E-state index contributed by atoms with van der Waals surface area (Å²) >= 11 is 0. The van der Waals surface area contributed by atoms with E-state index in [2.05, 4.69) is 34.8 Å². The van der Waals surface area contributed by atoms with Crippen LogP contribution in [0.1, 0.15) is 62.3 Å². The average Bonchev–Trinajstić information content (AvgIpc) is 3.29. The zero-order valence-corrected chi connectivity index (χ0v) is 37.4. The number of carbonyl (C=O) groups excluding carboxylic acids is 2. The number of carboxylic acids is 1. The monoisotopic (exact) mass is 876 g/mol. The number of carbonyl (C=O) groups is 3. The van der Waals surface area contributed by atoms with E-state index in [-0.39, 0.29) is 25.2 Å². The Balaban J connectivity index is 1.13. The highest BCUT2D eigenvalue weighted by atomic mass is 16.6. The van der Waals surface area contributed by atoms with Crippen LogP contribution in [0.2, 0.25) is 0 Å². The van der Waals surface area contributed by atoms with Gasteiger partial charge in [-0.1, -0.05) is 98.8 Å². The first-order valence-corrected chi connectivity index (χ1v) is 22.2. The number of carboxylic acid groups (broad SMARTS) is 1. The lowest BCUT2D eigenvalue weighted by molar-refractivity contribution is -0.138. The molecule has 5 rings (SSSR count). The van der Waals surface area contributed by atoms with Gasteiger partial charge in [0.25, 0.3) is 0 Å². The van der Waals surface area contributed by atoms with E-state index in [4.69, 9.17) is 23.7 Å². The lowest BCUT2D eigenvalue weighted by Gasteiger charge is -2.23. The van der Waals surface area contributed by atoms with Gasteiger partial charge in [-0.2, -0.15) is 0 Å². The molecule has 0 fully saturated rings. The maximum absolute atomic E-state index is 13.9. The fourth-order valence-corrected chi connectivity index (χ4v) is 6.96. The number of hydrogen-bond acceptors (Lipinski definition) is 10. The van der Waals surface area contributed by atoms with Crippen molar-refractivity contribution in [1.29, 1.82) is 0 Å². The fraction of sp³-hybridized carbons (Fsp3) is 0.412. The molecular weight excluding hydrogens is 813 g/mol. The van der Waals surface area contributed by atoms with E-state index in [1.54, 1.807) is 6.20 Å². The van der Waals surface area contributed by atoms with Crippen LogP contribution in [-0.4, -0.2) is 99.9 Å². The van der Waals surface area contributed by atoms with Crippen LogP contribution in [-0.2, 0) is 39.8 Å². The Morgan fingerprint density at radius 3 is 2.00 bits per heavy atom. The summed E-state index contributed by atoms with van der Waals surface area (Å²) in [6, 6.07) is 30.9. The molecule has 13 nitrogen and oxygen atoms in total. The zero-order chi connectivity index (χ0) is 45.4. The Bertz CT molecular complexity index is 2170. The molecule has 1 heterocycles. The first kappa shape index (κ1) is 49.2. The molecule has 0 saturated heterocycles. The first-order chi connectivity index (χ1) is 31.2. The van der Waals surface area contributed by atoms with Crippen LogP contribution in [0.3, 0.4) is 0 Å². The molecule has 2 amide bonds. The number of aromatic nitrogens is 1. The van der Waals surface area contributed by atoms with Crippen molar-refractivity contribution in [3.05, 3.63) is 126 Å². The molecule has 0 aliphatic carbocycles. The standard InChI is InChI=1S/C51H64N4O9/c1-37(2)22-25-60-26-27-61-28-29-62-30-31-63-32-33-64-47-20-19-42(43-12-7-8-13-44(43)47)40-15-17-41(18-16-40)45(36-50(57)58)55-51(59)46(35-39-10-5-4-6-11-39)54-49(56)14-9-23-52-48-34-38(3)21-24-53-48/h4-8,10-13,15-21,24,34,37,45-46H,9,14,22-23,25-33,35-36H2,1-3H3,(H,52,53)(H,54,56)(H,55,59)(H,57,58)/t45-,46-/m0/s1. The highest BCUT2D eigenvalue weighted by molar-refractivity contribution is 6.00. The molecule has 5 aromatic rings.